The van der Waals surface area contributed by atoms with Gasteiger partial charge in [0.2, 0.25) is 0 Å². The van der Waals surface area contributed by atoms with Crippen LogP contribution in [-0.2, 0) is 25.9 Å². The van der Waals surface area contributed by atoms with Crippen LogP contribution < -0.4 is 15.5 Å². The van der Waals surface area contributed by atoms with Gasteiger partial charge in [-0.3, -0.25) is 4.99 Å². The van der Waals surface area contributed by atoms with Crippen molar-refractivity contribution in [2.45, 2.75) is 65.5 Å². The minimum absolute atomic E-state index is 0. The van der Waals surface area contributed by atoms with Gasteiger partial charge in [-0.25, -0.2) is 4.98 Å². The summed E-state index contributed by atoms with van der Waals surface area (Å²) in [5, 5.41) is 10.9. The lowest BCUT2D eigenvalue weighted by atomic mass is 10.1. The van der Waals surface area contributed by atoms with E-state index in [2.05, 4.69) is 56.6 Å². The van der Waals surface area contributed by atoms with Crippen LogP contribution in [0.1, 0.15) is 62.1 Å². The first-order valence-corrected chi connectivity index (χ1v) is 10.9. The lowest BCUT2D eigenvalue weighted by molar-refractivity contribution is 0.380. The summed E-state index contributed by atoms with van der Waals surface area (Å²) in [7, 11) is 1.78. The summed E-state index contributed by atoms with van der Waals surface area (Å²) in [5.74, 6) is 2.79. The van der Waals surface area contributed by atoms with Crippen LogP contribution in [0.5, 0.6) is 0 Å². The highest BCUT2D eigenvalue weighted by molar-refractivity contribution is 14.0. The molecule has 2 aromatic rings. The Morgan fingerprint density at radius 3 is 2.40 bits per heavy atom. The second-order valence-electron chi connectivity index (χ2n) is 7.44. The van der Waals surface area contributed by atoms with E-state index < -0.39 is 0 Å². The number of aryl methyl sites for hydroxylation is 2. The molecule has 1 aliphatic rings. The van der Waals surface area contributed by atoms with Gasteiger partial charge in [0.15, 0.2) is 5.96 Å². The Kier molecular flexibility index (Phi) is 10.4. The van der Waals surface area contributed by atoms with Crippen molar-refractivity contribution < 1.29 is 4.52 Å². The zero-order valence-electron chi connectivity index (χ0n) is 18.4. The average molecular weight is 526 g/mol. The summed E-state index contributed by atoms with van der Waals surface area (Å²) in [6.45, 7) is 7.74. The number of nitrogens with one attached hydrogen (secondary N) is 2. The summed E-state index contributed by atoms with van der Waals surface area (Å²) >= 11 is 0. The molecule has 2 N–H and O–H groups in total. The first kappa shape index (κ1) is 24.4. The van der Waals surface area contributed by atoms with Crippen LogP contribution in [0.15, 0.2) is 27.8 Å². The summed E-state index contributed by atoms with van der Waals surface area (Å²) in [4.78, 5) is 11.4. The SMILES string of the molecule is CCc1noc(CC)c1CNC(=NC)NCc1ccc(N2CCCCCC2)nc1.I. The molecular weight excluding hydrogens is 491 g/mol. The van der Waals surface area contributed by atoms with Crippen molar-refractivity contribution >= 4 is 35.8 Å². The van der Waals surface area contributed by atoms with E-state index in [9.17, 15) is 0 Å². The first-order valence-electron chi connectivity index (χ1n) is 10.9. The zero-order chi connectivity index (χ0) is 20.5. The van der Waals surface area contributed by atoms with Crippen LogP contribution in [0.3, 0.4) is 0 Å². The normalized spacial score (nSPS) is 14.8. The van der Waals surface area contributed by atoms with Crippen LogP contribution in [0.4, 0.5) is 5.82 Å². The molecule has 2 aromatic heterocycles. The highest BCUT2D eigenvalue weighted by Gasteiger charge is 2.14. The maximum atomic E-state index is 5.44. The van der Waals surface area contributed by atoms with E-state index in [0.29, 0.717) is 13.1 Å². The summed E-state index contributed by atoms with van der Waals surface area (Å²) in [5.41, 5.74) is 3.29. The molecule has 7 nitrogen and oxygen atoms in total. The van der Waals surface area contributed by atoms with E-state index >= 15 is 0 Å². The molecule has 0 saturated carbocycles. The largest absolute Gasteiger partial charge is 0.361 e. The molecule has 30 heavy (non-hydrogen) atoms. The minimum atomic E-state index is 0. The number of hydrogen-bond acceptors (Lipinski definition) is 5. The Balaban J connectivity index is 0.00000320. The average Bonchev–Trinajstić information content (AvgIpc) is 2.96. The highest BCUT2D eigenvalue weighted by atomic mass is 127. The van der Waals surface area contributed by atoms with Crippen molar-refractivity contribution in [3.05, 3.63) is 40.9 Å². The fraction of sp³-hybridized carbons (Fsp3) is 0.591. The number of guanidine groups is 1. The quantitative estimate of drug-likeness (QED) is 0.322. The summed E-state index contributed by atoms with van der Waals surface area (Å²) < 4.78 is 5.44. The molecule has 166 valence electrons. The molecule has 8 heteroatoms. The number of rotatable bonds is 7. The Bertz CT molecular complexity index is 760. The molecule has 0 aliphatic carbocycles. The van der Waals surface area contributed by atoms with Crippen molar-refractivity contribution in [3.8, 4) is 0 Å². The zero-order valence-corrected chi connectivity index (χ0v) is 20.7. The lowest BCUT2D eigenvalue weighted by Gasteiger charge is -2.21. The van der Waals surface area contributed by atoms with Gasteiger partial charge in [0.1, 0.15) is 11.6 Å². The molecule has 1 fully saturated rings. The topological polar surface area (TPSA) is 78.6 Å². The van der Waals surface area contributed by atoms with Gasteiger partial charge in [-0.05, 0) is 30.9 Å². The summed E-state index contributed by atoms with van der Waals surface area (Å²) in [6.07, 6.45) is 8.85. The maximum Gasteiger partial charge on any atom is 0.191 e. The number of halogens is 1. The fourth-order valence-electron chi connectivity index (χ4n) is 3.72. The van der Waals surface area contributed by atoms with E-state index in [1.165, 1.54) is 25.7 Å². The molecule has 0 atom stereocenters. The molecular formula is C22H35IN6O. The molecule has 1 aliphatic heterocycles. The van der Waals surface area contributed by atoms with Crippen molar-refractivity contribution in [2.75, 3.05) is 25.0 Å². The number of aliphatic imine (C=N–C) groups is 1. The Hall–Kier alpha value is -1.84. The van der Waals surface area contributed by atoms with Gasteiger partial charge in [0, 0.05) is 51.4 Å². The highest BCUT2D eigenvalue weighted by Crippen LogP contribution is 2.18. The van der Waals surface area contributed by atoms with Crippen molar-refractivity contribution in [3.63, 3.8) is 0 Å². The van der Waals surface area contributed by atoms with Crippen LogP contribution in [0.25, 0.3) is 0 Å². The summed E-state index contributed by atoms with van der Waals surface area (Å²) in [6, 6.07) is 4.29. The number of pyridine rings is 1. The van der Waals surface area contributed by atoms with Gasteiger partial charge in [0.05, 0.1) is 5.69 Å². The molecule has 1 saturated heterocycles. The predicted octanol–water partition coefficient (Wildman–Crippen LogP) is 4.06. The molecule has 0 unspecified atom stereocenters. The van der Waals surface area contributed by atoms with E-state index in [1.807, 2.05) is 6.20 Å². The number of nitrogens with zero attached hydrogens (tertiary/aromatic N) is 4. The van der Waals surface area contributed by atoms with Gasteiger partial charge >= 0.3 is 0 Å². The Morgan fingerprint density at radius 1 is 1.07 bits per heavy atom. The molecule has 0 radical (unpaired) electrons. The lowest BCUT2D eigenvalue weighted by Crippen LogP contribution is -2.36. The van der Waals surface area contributed by atoms with Crippen LogP contribution in [-0.4, -0.2) is 36.2 Å². The number of anilines is 1. The van der Waals surface area contributed by atoms with Gasteiger partial charge < -0.3 is 20.1 Å². The van der Waals surface area contributed by atoms with E-state index in [4.69, 9.17) is 4.52 Å². The molecule has 0 spiro atoms. The van der Waals surface area contributed by atoms with Crippen LogP contribution in [0.2, 0.25) is 0 Å². The van der Waals surface area contributed by atoms with Gasteiger partial charge in [-0.15, -0.1) is 24.0 Å². The third kappa shape index (κ3) is 6.58. The second kappa shape index (κ2) is 12.8. The molecule has 3 heterocycles. The third-order valence-electron chi connectivity index (χ3n) is 5.46. The number of aromatic nitrogens is 2. The second-order valence-corrected chi connectivity index (χ2v) is 7.44. The fourth-order valence-corrected chi connectivity index (χ4v) is 3.72. The minimum Gasteiger partial charge on any atom is -0.361 e. The van der Waals surface area contributed by atoms with E-state index in [-0.39, 0.29) is 24.0 Å². The molecule has 3 rings (SSSR count). The molecule has 0 bridgehead atoms. The predicted molar refractivity (Wildman–Crippen MR) is 133 cm³/mol. The molecule has 0 aromatic carbocycles. The van der Waals surface area contributed by atoms with Crippen molar-refractivity contribution in [1.29, 1.82) is 0 Å². The molecule has 0 amide bonds. The number of hydrogen-bond donors (Lipinski definition) is 2. The van der Waals surface area contributed by atoms with E-state index in [1.54, 1.807) is 7.05 Å². The first-order chi connectivity index (χ1) is 14.2. The van der Waals surface area contributed by atoms with Crippen molar-refractivity contribution in [2.24, 2.45) is 4.99 Å². The third-order valence-corrected chi connectivity index (χ3v) is 5.46. The maximum absolute atomic E-state index is 5.44. The van der Waals surface area contributed by atoms with Gasteiger partial charge in [-0.2, -0.15) is 0 Å². The Labute approximate surface area is 197 Å². The monoisotopic (exact) mass is 526 g/mol. The van der Waals surface area contributed by atoms with E-state index in [0.717, 1.165) is 60.3 Å². The smallest absolute Gasteiger partial charge is 0.191 e. The van der Waals surface area contributed by atoms with Gasteiger partial charge in [0.25, 0.3) is 0 Å². The van der Waals surface area contributed by atoms with Crippen LogP contribution >= 0.6 is 24.0 Å². The van der Waals surface area contributed by atoms with Crippen LogP contribution in [0, 0.1) is 0 Å². The standard InChI is InChI=1S/C22H34N6O.HI/c1-4-19-18(20(5-2)29-27-19)16-26-22(23-3)25-15-17-10-11-21(24-14-17)28-12-8-6-7-9-13-28;/h10-11,14H,4-9,12-13,15-16H2,1-3H3,(H2,23,25,26);1H. The van der Waals surface area contributed by atoms with Crippen molar-refractivity contribution in [1.82, 2.24) is 20.8 Å². The Morgan fingerprint density at radius 2 is 1.80 bits per heavy atom. The van der Waals surface area contributed by atoms with Gasteiger partial charge in [-0.1, -0.05) is 37.9 Å².